The molecule has 0 aromatic heterocycles. The van der Waals surface area contributed by atoms with E-state index in [1.165, 1.54) is 5.56 Å². The summed E-state index contributed by atoms with van der Waals surface area (Å²) in [7, 11) is 1.64. The van der Waals surface area contributed by atoms with Gasteiger partial charge in [0.1, 0.15) is 5.75 Å². The molecule has 0 saturated heterocycles. The second kappa shape index (κ2) is 7.45. The molecule has 1 amide bonds. The maximum atomic E-state index is 12.0. The van der Waals surface area contributed by atoms with E-state index in [2.05, 4.69) is 34.8 Å². The molecule has 0 aliphatic rings. The predicted molar refractivity (Wildman–Crippen MR) is 93.8 cm³/mol. The molecule has 0 aliphatic carbocycles. The van der Waals surface area contributed by atoms with Crippen LogP contribution in [-0.4, -0.2) is 13.0 Å². The topological polar surface area (TPSA) is 38.3 Å². The van der Waals surface area contributed by atoms with Gasteiger partial charge in [0.25, 0.3) is 0 Å². The van der Waals surface area contributed by atoms with Crippen molar-refractivity contribution in [2.45, 2.75) is 19.8 Å². The number of anilines is 1. The third-order valence-electron chi connectivity index (χ3n) is 3.26. The summed E-state index contributed by atoms with van der Waals surface area (Å²) in [4.78, 5) is 12.0. The number of carbonyl (C=O) groups is 1. The fraction of sp³-hybridized carbons (Fsp3) is 0.235. The molecule has 0 radical (unpaired) electrons. The number of ether oxygens (including phenoxy) is 1. The summed E-state index contributed by atoms with van der Waals surface area (Å²) < 4.78 is 6.27. The van der Waals surface area contributed by atoms with E-state index in [-0.39, 0.29) is 5.91 Å². The quantitative estimate of drug-likeness (QED) is 0.772. The van der Waals surface area contributed by atoms with Crippen LogP contribution in [0, 0.1) is 10.5 Å². The number of hydrogen-bond donors (Lipinski definition) is 1. The van der Waals surface area contributed by atoms with E-state index in [0.29, 0.717) is 6.42 Å². The van der Waals surface area contributed by atoms with Crippen molar-refractivity contribution in [2.24, 2.45) is 0 Å². The Morgan fingerprint density at radius 2 is 1.90 bits per heavy atom. The Balaban J connectivity index is 1.87. The van der Waals surface area contributed by atoms with Gasteiger partial charge in [0.05, 0.1) is 7.11 Å². The van der Waals surface area contributed by atoms with Crippen molar-refractivity contribution >= 4 is 34.2 Å². The SMILES string of the molecule is COc1ccc(CCC(=O)Nc2ccc(C)c(I)c2)cc1. The molecule has 0 spiro atoms. The lowest BCUT2D eigenvalue weighted by Crippen LogP contribution is -2.12. The smallest absolute Gasteiger partial charge is 0.224 e. The molecule has 110 valence electrons. The van der Waals surface area contributed by atoms with Gasteiger partial charge in [-0.15, -0.1) is 0 Å². The van der Waals surface area contributed by atoms with Gasteiger partial charge in [-0.2, -0.15) is 0 Å². The summed E-state index contributed by atoms with van der Waals surface area (Å²) >= 11 is 2.27. The van der Waals surface area contributed by atoms with E-state index in [1.807, 2.05) is 42.5 Å². The number of carbonyl (C=O) groups excluding carboxylic acids is 1. The largest absolute Gasteiger partial charge is 0.497 e. The van der Waals surface area contributed by atoms with E-state index >= 15 is 0 Å². The monoisotopic (exact) mass is 395 g/mol. The molecule has 0 saturated carbocycles. The minimum atomic E-state index is 0.0328. The van der Waals surface area contributed by atoms with Crippen LogP contribution in [0.15, 0.2) is 42.5 Å². The zero-order valence-corrected chi connectivity index (χ0v) is 14.3. The van der Waals surface area contributed by atoms with Gasteiger partial charge in [0, 0.05) is 15.7 Å². The number of aryl methyl sites for hydroxylation is 2. The van der Waals surface area contributed by atoms with Crippen molar-refractivity contribution in [3.8, 4) is 5.75 Å². The summed E-state index contributed by atoms with van der Waals surface area (Å²) in [6.45, 7) is 2.05. The van der Waals surface area contributed by atoms with E-state index in [0.717, 1.165) is 27.0 Å². The van der Waals surface area contributed by atoms with Gasteiger partial charge in [0.2, 0.25) is 5.91 Å². The molecule has 0 aliphatic heterocycles. The normalized spacial score (nSPS) is 10.2. The highest BCUT2D eigenvalue weighted by atomic mass is 127. The van der Waals surface area contributed by atoms with E-state index in [9.17, 15) is 4.79 Å². The summed E-state index contributed by atoms with van der Waals surface area (Å²) in [5.41, 5.74) is 3.20. The van der Waals surface area contributed by atoms with Gasteiger partial charge >= 0.3 is 0 Å². The lowest BCUT2D eigenvalue weighted by atomic mass is 10.1. The predicted octanol–water partition coefficient (Wildman–Crippen LogP) is 4.18. The van der Waals surface area contributed by atoms with Crippen molar-refractivity contribution in [1.82, 2.24) is 0 Å². The summed E-state index contributed by atoms with van der Waals surface area (Å²) in [6, 6.07) is 13.7. The molecule has 1 N–H and O–H groups in total. The van der Waals surface area contributed by atoms with Crippen molar-refractivity contribution < 1.29 is 9.53 Å². The first-order valence-electron chi connectivity index (χ1n) is 6.77. The maximum Gasteiger partial charge on any atom is 0.224 e. The summed E-state index contributed by atoms with van der Waals surface area (Å²) in [5, 5.41) is 2.93. The van der Waals surface area contributed by atoms with Gasteiger partial charge in [-0.05, 0) is 71.3 Å². The second-order valence-corrected chi connectivity index (χ2v) is 6.02. The van der Waals surface area contributed by atoms with Crippen molar-refractivity contribution in [1.29, 1.82) is 0 Å². The molecule has 0 atom stereocenters. The number of methoxy groups -OCH3 is 1. The van der Waals surface area contributed by atoms with E-state index in [1.54, 1.807) is 7.11 Å². The van der Waals surface area contributed by atoms with Crippen molar-refractivity contribution in [2.75, 3.05) is 12.4 Å². The van der Waals surface area contributed by atoms with Crippen LogP contribution in [-0.2, 0) is 11.2 Å². The Morgan fingerprint density at radius 1 is 1.19 bits per heavy atom. The van der Waals surface area contributed by atoms with E-state index in [4.69, 9.17) is 4.74 Å². The molecule has 3 nitrogen and oxygen atoms in total. The standard InChI is InChI=1S/C17H18INO2/c1-12-3-7-14(11-16(12)18)19-17(20)10-6-13-4-8-15(21-2)9-5-13/h3-5,7-9,11H,6,10H2,1-2H3,(H,19,20). The molecular formula is C17H18INO2. The van der Waals surface area contributed by atoms with Gasteiger partial charge in [0.15, 0.2) is 0 Å². The van der Waals surface area contributed by atoms with Crippen LogP contribution in [0.5, 0.6) is 5.75 Å². The Hall–Kier alpha value is -1.56. The lowest BCUT2D eigenvalue weighted by Gasteiger charge is -2.07. The molecule has 0 unspecified atom stereocenters. The molecule has 2 rings (SSSR count). The molecule has 0 fully saturated rings. The number of benzene rings is 2. The molecular weight excluding hydrogens is 377 g/mol. The molecule has 0 bridgehead atoms. The van der Waals surface area contributed by atoms with Crippen LogP contribution in [0.3, 0.4) is 0 Å². The highest BCUT2D eigenvalue weighted by Crippen LogP contribution is 2.18. The summed E-state index contributed by atoms with van der Waals surface area (Å²) in [5.74, 6) is 0.864. The zero-order chi connectivity index (χ0) is 15.2. The van der Waals surface area contributed by atoms with Gasteiger partial charge in [-0.3, -0.25) is 4.79 Å². The minimum Gasteiger partial charge on any atom is -0.497 e. The number of hydrogen-bond acceptors (Lipinski definition) is 2. The first kappa shape index (κ1) is 15.8. The Morgan fingerprint density at radius 3 is 2.52 bits per heavy atom. The van der Waals surface area contributed by atoms with Crippen LogP contribution in [0.4, 0.5) is 5.69 Å². The van der Waals surface area contributed by atoms with Crippen LogP contribution in [0.2, 0.25) is 0 Å². The third-order valence-corrected chi connectivity index (χ3v) is 4.42. The van der Waals surface area contributed by atoms with Crippen LogP contribution >= 0.6 is 22.6 Å². The molecule has 2 aromatic rings. The molecule has 4 heteroatoms. The fourth-order valence-corrected chi connectivity index (χ4v) is 2.46. The van der Waals surface area contributed by atoms with Gasteiger partial charge in [-0.1, -0.05) is 18.2 Å². The minimum absolute atomic E-state index is 0.0328. The Labute approximate surface area is 138 Å². The number of rotatable bonds is 5. The van der Waals surface area contributed by atoms with Crippen LogP contribution in [0.1, 0.15) is 17.5 Å². The first-order chi connectivity index (χ1) is 10.1. The highest BCUT2D eigenvalue weighted by Gasteiger charge is 2.05. The molecule has 2 aromatic carbocycles. The summed E-state index contributed by atoms with van der Waals surface area (Å²) in [6.07, 6.45) is 1.19. The third kappa shape index (κ3) is 4.74. The fourth-order valence-electron chi connectivity index (χ4n) is 1.94. The van der Waals surface area contributed by atoms with Crippen LogP contribution in [0.25, 0.3) is 0 Å². The van der Waals surface area contributed by atoms with E-state index < -0.39 is 0 Å². The zero-order valence-electron chi connectivity index (χ0n) is 12.2. The second-order valence-electron chi connectivity index (χ2n) is 4.86. The average Bonchev–Trinajstić information content (AvgIpc) is 2.49. The Kier molecular flexibility index (Phi) is 5.61. The maximum absolute atomic E-state index is 12.0. The number of nitrogens with one attached hydrogen (secondary N) is 1. The van der Waals surface area contributed by atoms with Gasteiger partial charge in [-0.25, -0.2) is 0 Å². The van der Waals surface area contributed by atoms with Crippen LogP contribution < -0.4 is 10.1 Å². The number of halogens is 1. The van der Waals surface area contributed by atoms with Crippen molar-refractivity contribution in [3.05, 3.63) is 57.2 Å². The Bertz CT molecular complexity index is 623. The molecule has 21 heavy (non-hydrogen) atoms. The number of amides is 1. The molecule has 0 heterocycles. The average molecular weight is 395 g/mol. The lowest BCUT2D eigenvalue weighted by molar-refractivity contribution is -0.116. The van der Waals surface area contributed by atoms with Crippen molar-refractivity contribution in [3.63, 3.8) is 0 Å². The first-order valence-corrected chi connectivity index (χ1v) is 7.85. The highest BCUT2D eigenvalue weighted by molar-refractivity contribution is 14.1. The van der Waals surface area contributed by atoms with Gasteiger partial charge < -0.3 is 10.1 Å².